The summed E-state index contributed by atoms with van der Waals surface area (Å²) in [6.45, 7) is 5.63. The lowest BCUT2D eigenvalue weighted by Crippen LogP contribution is -2.29. The number of Topliss-reactive ketones (excluding diaryl/α,β-unsaturated/α-hetero) is 1. The van der Waals surface area contributed by atoms with Crippen molar-refractivity contribution in [3.63, 3.8) is 0 Å². The quantitative estimate of drug-likeness (QED) is 0.835. The van der Waals surface area contributed by atoms with Crippen molar-refractivity contribution in [2.24, 2.45) is 0 Å². The SMILES string of the molecule is CC(=O)CNC(=O)Cc1ccc(C)c(C)c1. The second kappa shape index (κ2) is 5.45. The zero-order valence-electron chi connectivity index (χ0n) is 9.96. The highest BCUT2D eigenvalue weighted by Crippen LogP contribution is 2.10. The molecule has 0 saturated carbocycles. The summed E-state index contributed by atoms with van der Waals surface area (Å²) in [6.07, 6.45) is 0.328. The average molecular weight is 219 g/mol. The summed E-state index contributed by atoms with van der Waals surface area (Å²) in [5.74, 6) is -0.146. The first kappa shape index (κ1) is 12.4. The van der Waals surface area contributed by atoms with E-state index in [0.717, 1.165) is 5.56 Å². The molecule has 1 aromatic carbocycles. The van der Waals surface area contributed by atoms with Gasteiger partial charge in [-0.1, -0.05) is 18.2 Å². The van der Waals surface area contributed by atoms with Crippen molar-refractivity contribution < 1.29 is 9.59 Å². The number of ketones is 1. The fourth-order valence-corrected chi connectivity index (χ4v) is 1.38. The van der Waals surface area contributed by atoms with E-state index >= 15 is 0 Å². The van der Waals surface area contributed by atoms with Crippen LogP contribution in [0.4, 0.5) is 0 Å². The van der Waals surface area contributed by atoms with Crippen molar-refractivity contribution in [2.75, 3.05) is 6.54 Å². The van der Waals surface area contributed by atoms with Crippen LogP contribution in [0.25, 0.3) is 0 Å². The topological polar surface area (TPSA) is 46.2 Å². The summed E-state index contributed by atoms with van der Waals surface area (Å²) >= 11 is 0. The molecule has 0 unspecified atom stereocenters. The number of carbonyl (C=O) groups excluding carboxylic acids is 2. The zero-order valence-corrected chi connectivity index (χ0v) is 9.96. The maximum absolute atomic E-state index is 11.4. The van der Waals surface area contributed by atoms with Gasteiger partial charge < -0.3 is 5.32 Å². The number of benzene rings is 1. The molecule has 0 spiro atoms. The molecule has 1 aromatic rings. The molecule has 0 bridgehead atoms. The van der Waals surface area contributed by atoms with Gasteiger partial charge in [0.1, 0.15) is 5.78 Å². The number of hydrogen-bond acceptors (Lipinski definition) is 2. The number of aryl methyl sites for hydroxylation is 2. The molecule has 0 aromatic heterocycles. The van der Waals surface area contributed by atoms with E-state index in [1.54, 1.807) is 0 Å². The third-order valence-electron chi connectivity index (χ3n) is 2.47. The van der Waals surface area contributed by atoms with Crippen molar-refractivity contribution in [1.29, 1.82) is 0 Å². The van der Waals surface area contributed by atoms with E-state index in [4.69, 9.17) is 0 Å². The van der Waals surface area contributed by atoms with Gasteiger partial charge >= 0.3 is 0 Å². The smallest absolute Gasteiger partial charge is 0.224 e. The van der Waals surface area contributed by atoms with Crippen molar-refractivity contribution >= 4 is 11.7 Å². The van der Waals surface area contributed by atoms with Gasteiger partial charge in [0.15, 0.2) is 0 Å². The lowest BCUT2D eigenvalue weighted by molar-refractivity contribution is -0.124. The van der Waals surface area contributed by atoms with Gasteiger partial charge in [-0.05, 0) is 37.5 Å². The Labute approximate surface area is 95.9 Å². The van der Waals surface area contributed by atoms with Crippen LogP contribution >= 0.6 is 0 Å². The Kier molecular flexibility index (Phi) is 4.23. The van der Waals surface area contributed by atoms with Crippen LogP contribution in [0, 0.1) is 13.8 Å². The number of rotatable bonds is 4. The molecule has 0 aliphatic heterocycles. The zero-order chi connectivity index (χ0) is 12.1. The molecule has 0 aliphatic rings. The summed E-state index contributed by atoms with van der Waals surface area (Å²) < 4.78 is 0. The predicted molar refractivity (Wildman–Crippen MR) is 63.3 cm³/mol. The van der Waals surface area contributed by atoms with Crippen molar-refractivity contribution in [1.82, 2.24) is 5.32 Å². The molecule has 0 atom stereocenters. The van der Waals surface area contributed by atoms with Gasteiger partial charge in [-0.2, -0.15) is 0 Å². The van der Waals surface area contributed by atoms with Crippen molar-refractivity contribution in [2.45, 2.75) is 27.2 Å². The van der Waals surface area contributed by atoms with Gasteiger partial charge in [0, 0.05) is 0 Å². The molecule has 0 radical (unpaired) electrons. The second-order valence-corrected chi connectivity index (χ2v) is 4.07. The van der Waals surface area contributed by atoms with E-state index in [1.165, 1.54) is 18.1 Å². The third-order valence-corrected chi connectivity index (χ3v) is 2.47. The number of nitrogens with one attached hydrogen (secondary N) is 1. The summed E-state index contributed by atoms with van der Waals surface area (Å²) in [4.78, 5) is 22.1. The Morgan fingerprint density at radius 1 is 1.19 bits per heavy atom. The fraction of sp³-hybridized carbons (Fsp3) is 0.385. The van der Waals surface area contributed by atoms with Crippen molar-refractivity contribution in [3.05, 3.63) is 34.9 Å². The van der Waals surface area contributed by atoms with Gasteiger partial charge in [0.05, 0.1) is 13.0 Å². The highest BCUT2D eigenvalue weighted by Gasteiger charge is 2.04. The normalized spacial score (nSPS) is 9.94. The minimum absolute atomic E-state index is 0.0339. The van der Waals surface area contributed by atoms with Crippen LogP contribution in [0.2, 0.25) is 0 Å². The van der Waals surface area contributed by atoms with E-state index in [1.807, 2.05) is 32.0 Å². The van der Waals surface area contributed by atoms with Gasteiger partial charge in [0.2, 0.25) is 5.91 Å². The standard InChI is InChI=1S/C13H17NO2/c1-9-4-5-12(6-10(9)2)7-13(16)14-8-11(3)15/h4-6H,7-8H2,1-3H3,(H,14,16). The Morgan fingerprint density at radius 2 is 1.88 bits per heavy atom. The average Bonchev–Trinajstić information content (AvgIpc) is 2.21. The Bertz CT molecular complexity index is 410. The number of hydrogen-bond donors (Lipinski definition) is 1. The first-order valence-electron chi connectivity index (χ1n) is 5.31. The monoisotopic (exact) mass is 219 g/mol. The van der Waals surface area contributed by atoms with Crippen LogP contribution in [0.5, 0.6) is 0 Å². The molecule has 0 fully saturated rings. The highest BCUT2D eigenvalue weighted by molar-refractivity contribution is 5.85. The Morgan fingerprint density at radius 3 is 2.44 bits per heavy atom. The molecule has 0 aliphatic carbocycles. The Balaban J connectivity index is 2.56. The maximum atomic E-state index is 11.4. The first-order valence-corrected chi connectivity index (χ1v) is 5.31. The van der Waals surface area contributed by atoms with Gasteiger partial charge in [-0.15, -0.1) is 0 Å². The van der Waals surface area contributed by atoms with Crippen LogP contribution in [0.1, 0.15) is 23.6 Å². The summed E-state index contributed by atoms with van der Waals surface area (Å²) in [7, 11) is 0. The minimum Gasteiger partial charge on any atom is -0.349 e. The van der Waals surface area contributed by atoms with Crippen LogP contribution in [0.15, 0.2) is 18.2 Å². The van der Waals surface area contributed by atoms with Crippen LogP contribution in [-0.4, -0.2) is 18.2 Å². The first-order chi connectivity index (χ1) is 7.49. The molecule has 3 nitrogen and oxygen atoms in total. The molecular weight excluding hydrogens is 202 g/mol. The molecule has 1 N–H and O–H groups in total. The maximum Gasteiger partial charge on any atom is 0.224 e. The van der Waals surface area contributed by atoms with E-state index in [9.17, 15) is 9.59 Å². The van der Waals surface area contributed by atoms with Crippen LogP contribution < -0.4 is 5.32 Å². The lowest BCUT2D eigenvalue weighted by Gasteiger charge is -2.05. The molecular formula is C13H17NO2. The predicted octanol–water partition coefficient (Wildman–Crippen LogP) is 1.55. The molecule has 0 heterocycles. The highest BCUT2D eigenvalue weighted by atomic mass is 16.2. The van der Waals surface area contributed by atoms with E-state index in [2.05, 4.69) is 5.32 Å². The van der Waals surface area contributed by atoms with Gasteiger partial charge in [-0.25, -0.2) is 0 Å². The Hall–Kier alpha value is -1.64. The summed E-state index contributed by atoms with van der Waals surface area (Å²) in [6, 6.07) is 5.95. The number of carbonyl (C=O) groups is 2. The largest absolute Gasteiger partial charge is 0.349 e. The van der Waals surface area contributed by atoms with E-state index in [-0.39, 0.29) is 18.2 Å². The van der Waals surface area contributed by atoms with Crippen LogP contribution in [-0.2, 0) is 16.0 Å². The van der Waals surface area contributed by atoms with E-state index in [0.29, 0.717) is 6.42 Å². The molecule has 0 saturated heterocycles. The summed E-state index contributed by atoms with van der Waals surface area (Å²) in [5, 5.41) is 2.58. The van der Waals surface area contributed by atoms with E-state index < -0.39 is 0 Å². The lowest BCUT2D eigenvalue weighted by atomic mass is 10.0. The van der Waals surface area contributed by atoms with Crippen LogP contribution in [0.3, 0.4) is 0 Å². The summed E-state index contributed by atoms with van der Waals surface area (Å²) in [5.41, 5.74) is 3.37. The molecule has 3 heteroatoms. The van der Waals surface area contributed by atoms with Gasteiger partial charge in [0.25, 0.3) is 0 Å². The fourth-order valence-electron chi connectivity index (χ4n) is 1.38. The number of amides is 1. The third kappa shape index (κ3) is 3.85. The minimum atomic E-state index is -0.113. The molecule has 1 rings (SSSR count). The second-order valence-electron chi connectivity index (χ2n) is 4.07. The van der Waals surface area contributed by atoms with Gasteiger partial charge in [-0.3, -0.25) is 9.59 Å². The molecule has 16 heavy (non-hydrogen) atoms. The molecule has 1 amide bonds. The molecule has 86 valence electrons. The van der Waals surface area contributed by atoms with Crippen molar-refractivity contribution in [3.8, 4) is 0 Å².